The maximum absolute atomic E-state index is 12.8. The minimum absolute atomic E-state index is 0.0502. The second-order valence-corrected chi connectivity index (χ2v) is 8.52. The SMILES string of the molecule is Cc1ccc(CN2CC3([N+](=O)[O-])C(=O)NC4CC(=O)CC3C4([N+](=O)[O-])C2)cc1C. The van der Waals surface area contributed by atoms with Crippen LogP contribution in [0.2, 0.25) is 0 Å². The minimum atomic E-state index is -2.21. The van der Waals surface area contributed by atoms with E-state index in [0.717, 1.165) is 16.7 Å². The summed E-state index contributed by atoms with van der Waals surface area (Å²) in [5.41, 5.74) is -0.954. The van der Waals surface area contributed by atoms with Gasteiger partial charge in [0.2, 0.25) is 0 Å². The van der Waals surface area contributed by atoms with Gasteiger partial charge in [-0.3, -0.25) is 34.7 Å². The summed E-state index contributed by atoms with van der Waals surface area (Å²) in [6, 6.07) is 4.73. The van der Waals surface area contributed by atoms with Crippen molar-refractivity contribution in [1.82, 2.24) is 10.2 Å². The average Bonchev–Trinajstić information content (AvgIpc) is 2.62. The first-order chi connectivity index (χ1) is 13.6. The lowest BCUT2D eigenvalue weighted by molar-refractivity contribution is -0.642. The Morgan fingerprint density at radius 3 is 2.45 bits per heavy atom. The molecule has 2 saturated heterocycles. The first-order valence-corrected chi connectivity index (χ1v) is 9.51. The Labute approximate surface area is 166 Å². The summed E-state index contributed by atoms with van der Waals surface area (Å²) in [6.45, 7) is 3.86. The number of carbonyl (C=O) groups is 2. The van der Waals surface area contributed by atoms with Crippen molar-refractivity contribution in [2.45, 2.75) is 50.4 Å². The van der Waals surface area contributed by atoms with E-state index in [1.165, 1.54) is 0 Å². The normalized spacial score (nSPS) is 33.9. The number of rotatable bonds is 4. The monoisotopic (exact) mass is 402 g/mol. The Morgan fingerprint density at radius 1 is 1.10 bits per heavy atom. The van der Waals surface area contributed by atoms with Gasteiger partial charge in [-0.15, -0.1) is 0 Å². The van der Waals surface area contributed by atoms with E-state index in [2.05, 4.69) is 5.32 Å². The molecule has 1 aromatic carbocycles. The Balaban J connectivity index is 1.80. The summed E-state index contributed by atoms with van der Waals surface area (Å²) >= 11 is 0. The molecule has 1 amide bonds. The van der Waals surface area contributed by atoms with Crippen molar-refractivity contribution in [2.75, 3.05) is 13.1 Å². The van der Waals surface area contributed by atoms with Crippen molar-refractivity contribution in [3.05, 3.63) is 55.1 Å². The van der Waals surface area contributed by atoms with Gasteiger partial charge in [0.25, 0.3) is 11.4 Å². The van der Waals surface area contributed by atoms with Crippen molar-refractivity contribution in [3.63, 3.8) is 0 Å². The third kappa shape index (κ3) is 2.58. The van der Waals surface area contributed by atoms with Gasteiger partial charge in [-0.2, -0.15) is 0 Å². The third-order valence-electron chi connectivity index (χ3n) is 6.93. The summed E-state index contributed by atoms with van der Waals surface area (Å²) < 4.78 is 0. The van der Waals surface area contributed by atoms with Crippen LogP contribution in [0.4, 0.5) is 0 Å². The largest absolute Gasteiger partial charge is 0.339 e. The Morgan fingerprint density at radius 2 is 1.83 bits per heavy atom. The third-order valence-corrected chi connectivity index (χ3v) is 6.93. The smallest absolute Gasteiger partial charge is 0.321 e. The van der Waals surface area contributed by atoms with Gasteiger partial charge in [-0.05, 0) is 30.5 Å². The zero-order chi connectivity index (χ0) is 21.1. The fourth-order valence-electron chi connectivity index (χ4n) is 5.34. The molecule has 3 fully saturated rings. The number of nitrogens with zero attached hydrogens (tertiary/aromatic N) is 3. The van der Waals surface area contributed by atoms with Gasteiger partial charge in [-0.25, -0.2) is 0 Å². The van der Waals surface area contributed by atoms with E-state index >= 15 is 0 Å². The Kier molecular flexibility index (Phi) is 4.23. The van der Waals surface area contributed by atoms with E-state index in [0.29, 0.717) is 0 Å². The van der Waals surface area contributed by atoms with Gasteiger partial charge in [0, 0.05) is 29.2 Å². The van der Waals surface area contributed by atoms with Gasteiger partial charge >= 0.3 is 5.54 Å². The summed E-state index contributed by atoms with van der Waals surface area (Å²) in [4.78, 5) is 49.8. The topological polar surface area (TPSA) is 136 Å². The van der Waals surface area contributed by atoms with Crippen LogP contribution in [0.25, 0.3) is 0 Å². The maximum atomic E-state index is 12.8. The number of piperidine rings is 2. The summed E-state index contributed by atoms with van der Waals surface area (Å²) in [5, 5.41) is 26.9. The van der Waals surface area contributed by atoms with Crippen LogP contribution < -0.4 is 5.32 Å². The zero-order valence-corrected chi connectivity index (χ0v) is 16.2. The molecule has 4 unspecified atom stereocenters. The average molecular weight is 402 g/mol. The van der Waals surface area contributed by atoms with Crippen molar-refractivity contribution >= 4 is 11.7 Å². The quantitative estimate of drug-likeness (QED) is 0.576. The molecule has 0 spiro atoms. The molecule has 10 heteroatoms. The van der Waals surface area contributed by atoms with Gasteiger partial charge < -0.3 is 5.32 Å². The fourth-order valence-corrected chi connectivity index (χ4v) is 5.34. The number of aryl methyl sites for hydroxylation is 2. The van der Waals surface area contributed by atoms with Crippen molar-refractivity contribution in [1.29, 1.82) is 0 Å². The highest BCUT2D eigenvalue weighted by Crippen LogP contribution is 2.50. The number of nitro groups is 2. The van der Waals surface area contributed by atoms with Crippen LogP contribution >= 0.6 is 0 Å². The second-order valence-electron chi connectivity index (χ2n) is 8.52. The van der Waals surface area contributed by atoms with Crippen LogP contribution in [-0.2, 0) is 16.1 Å². The minimum Gasteiger partial charge on any atom is -0.339 e. The van der Waals surface area contributed by atoms with E-state index in [-0.39, 0.29) is 38.3 Å². The number of hydrogen-bond acceptors (Lipinski definition) is 7. The van der Waals surface area contributed by atoms with E-state index in [9.17, 15) is 29.8 Å². The molecule has 154 valence electrons. The van der Waals surface area contributed by atoms with Crippen LogP contribution in [0.1, 0.15) is 29.5 Å². The number of amides is 1. The van der Waals surface area contributed by atoms with Crippen LogP contribution in [0.15, 0.2) is 18.2 Å². The summed E-state index contributed by atoms with van der Waals surface area (Å²) in [7, 11) is 0. The van der Waals surface area contributed by atoms with E-state index in [4.69, 9.17) is 0 Å². The number of ketones is 1. The molecule has 1 aromatic rings. The molecule has 10 nitrogen and oxygen atoms in total. The molecular weight excluding hydrogens is 380 g/mol. The van der Waals surface area contributed by atoms with Crippen molar-refractivity contribution in [3.8, 4) is 0 Å². The molecule has 1 saturated carbocycles. The summed E-state index contributed by atoms with van der Waals surface area (Å²) in [6.07, 6.45) is -0.488. The molecule has 0 aromatic heterocycles. The molecule has 4 rings (SSSR count). The molecule has 3 aliphatic rings. The molecule has 0 radical (unpaired) electrons. The molecule has 29 heavy (non-hydrogen) atoms. The molecule has 4 atom stereocenters. The van der Waals surface area contributed by atoms with E-state index < -0.39 is 38.8 Å². The van der Waals surface area contributed by atoms with Gasteiger partial charge in [0.15, 0.2) is 0 Å². The lowest BCUT2D eigenvalue weighted by atomic mass is 9.56. The molecule has 2 aliphatic heterocycles. The highest BCUT2D eigenvalue weighted by Gasteiger charge is 2.80. The number of Topliss-reactive ketones (excluding diaryl/α,β-unsaturated/α-hetero) is 1. The highest BCUT2D eigenvalue weighted by molar-refractivity contribution is 5.92. The fraction of sp³-hybridized carbons (Fsp3) is 0.579. The second kappa shape index (κ2) is 6.31. The van der Waals surface area contributed by atoms with Crippen molar-refractivity contribution < 1.29 is 19.4 Å². The van der Waals surface area contributed by atoms with Crippen LogP contribution in [0.3, 0.4) is 0 Å². The highest BCUT2D eigenvalue weighted by atomic mass is 16.6. The zero-order valence-electron chi connectivity index (χ0n) is 16.2. The standard InChI is InChI=1S/C19H22N4O6/c1-11-3-4-13(5-12(11)2)8-21-9-18(22(26)27)15-6-14(24)7-16(18)20-17(25)19(15,10-21)23(28)29/h3-5,15-16H,6-10H2,1-2H3,(H,20,25). The van der Waals surface area contributed by atoms with Gasteiger partial charge in [-0.1, -0.05) is 18.2 Å². The van der Waals surface area contributed by atoms with Crippen molar-refractivity contribution in [2.24, 2.45) is 5.92 Å². The maximum Gasteiger partial charge on any atom is 0.321 e. The molecule has 1 N–H and O–H groups in total. The number of nitrogens with one attached hydrogen (secondary N) is 1. The van der Waals surface area contributed by atoms with Gasteiger partial charge in [0.1, 0.15) is 17.7 Å². The number of benzene rings is 1. The van der Waals surface area contributed by atoms with Crippen LogP contribution in [0.5, 0.6) is 0 Å². The molecule has 2 heterocycles. The molecule has 4 bridgehead atoms. The Hall–Kier alpha value is -2.88. The van der Waals surface area contributed by atoms with Gasteiger partial charge in [0.05, 0.1) is 13.1 Å². The first kappa shape index (κ1) is 19.4. The predicted molar refractivity (Wildman–Crippen MR) is 100 cm³/mol. The number of likely N-dealkylation sites (tertiary alicyclic amines) is 1. The lowest BCUT2D eigenvalue weighted by Gasteiger charge is -2.55. The number of hydrogen-bond donors (Lipinski definition) is 1. The van der Waals surface area contributed by atoms with E-state index in [1.54, 1.807) is 4.90 Å². The van der Waals surface area contributed by atoms with Crippen LogP contribution in [0, 0.1) is 40.0 Å². The Bertz CT molecular complexity index is 949. The number of carbonyl (C=O) groups excluding carboxylic acids is 2. The van der Waals surface area contributed by atoms with E-state index in [1.807, 2.05) is 32.0 Å². The lowest BCUT2D eigenvalue weighted by Crippen LogP contribution is -2.86. The van der Waals surface area contributed by atoms with Crippen LogP contribution in [-0.4, -0.2) is 56.6 Å². The first-order valence-electron chi connectivity index (χ1n) is 9.51. The molecule has 1 aliphatic carbocycles. The summed E-state index contributed by atoms with van der Waals surface area (Å²) in [5.74, 6) is -2.37. The predicted octanol–water partition coefficient (Wildman–Crippen LogP) is 0.628. The molecular formula is C19H22N4O6.